The number of hydrogen-bond donors (Lipinski definition) is 4. The van der Waals surface area contributed by atoms with Gasteiger partial charge in [-0.3, -0.25) is 0 Å². The number of hydrogen-bond acceptors (Lipinski definition) is 6. The number of rotatable bonds is 5. The Morgan fingerprint density at radius 1 is 0.925 bits per heavy atom. The van der Waals surface area contributed by atoms with Crippen LogP contribution >= 0.6 is 11.3 Å². The molecule has 1 fully saturated rings. The summed E-state index contributed by atoms with van der Waals surface area (Å²) in [5, 5.41) is 34.7. The van der Waals surface area contributed by atoms with Gasteiger partial charge in [-0.25, -0.2) is 4.39 Å². The first kappa shape index (κ1) is 37.9. The monoisotopic (exact) mass is 578 g/mol. The van der Waals surface area contributed by atoms with Crippen molar-refractivity contribution in [1.82, 2.24) is 0 Å². The summed E-state index contributed by atoms with van der Waals surface area (Å²) in [5.41, 5.74) is 4.49. The van der Waals surface area contributed by atoms with Crippen molar-refractivity contribution in [3.63, 3.8) is 0 Å². The van der Waals surface area contributed by atoms with E-state index < -0.39 is 6.10 Å². The van der Waals surface area contributed by atoms with E-state index in [1.54, 1.807) is 25.2 Å². The normalized spacial score (nSPS) is 18.4. The zero-order valence-electron chi connectivity index (χ0n) is 25.7. The lowest BCUT2D eigenvalue weighted by atomic mass is 9.89. The van der Waals surface area contributed by atoms with E-state index >= 15 is 0 Å². The van der Waals surface area contributed by atoms with Gasteiger partial charge in [0.1, 0.15) is 5.82 Å². The molecule has 4 rings (SSSR count). The van der Waals surface area contributed by atoms with Crippen molar-refractivity contribution < 1.29 is 29.6 Å². The van der Waals surface area contributed by atoms with E-state index in [1.807, 2.05) is 39.8 Å². The van der Waals surface area contributed by atoms with Crippen LogP contribution in [0.2, 0.25) is 0 Å². The minimum atomic E-state index is -0.460. The van der Waals surface area contributed by atoms with Gasteiger partial charge in [0.25, 0.3) is 0 Å². The van der Waals surface area contributed by atoms with Gasteiger partial charge >= 0.3 is 0 Å². The summed E-state index contributed by atoms with van der Waals surface area (Å²) in [4.78, 5) is 2.36. The number of aliphatic hydroxyl groups is 4. The van der Waals surface area contributed by atoms with Crippen LogP contribution in [0, 0.1) is 12.7 Å². The molecule has 1 aliphatic rings. The van der Waals surface area contributed by atoms with Gasteiger partial charge < -0.3 is 25.2 Å². The van der Waals surface area contributed by atoms with Crippen LogP contribution in [-0.2, 0) is 4.74 Å². The average Bonchev–Trinajstić information content (AvgIpc) is 3.46. The molecule has 1 aromatic heterocycles. The molecule has 2 aromatic carbocycles. The highest BCUT2D eigenvalue weighted by Gasteiger charge is 2.29. The molecule has 1 aliphatic heterocycles. The van der Waals surface area contributed by atoms with Crippen LogP contribution in [0.5, 0.6) is 0 Å². The fourth-order valence-electron chi connectivity index (χ4n) is 4.16. The molecule has 7 heteroatoms. The van der Waals surface area contributed by atoms with Crippen molar-refractivity contribution in [2.75, 3.05) is 13.7 Å². The number of ether oxygens (including phenoxy) is 1. The summed E-state index contributed by atoms with van der Waals surface area (Å²) >= 11 is 1.72. The Balaban J connectivity index is 0.00000135. The van der Waals surface area contributed by atoms with Crippen LogP contribution < -0.4 is 0 Å². The fraction of sp³-hybridized carbons (Fsp3) is 0.515. The molecule has 5 nitrogen and oxygen atoms in total. The van der Waals surface area contributed by atoms with Gasteiger partial charge in [-0.15, -0.1) is 11.3 Å². The van der Waals surface area contributed by atoms with Crippen LogP contribution in [-0.4, -0.2) is 52.5 Å². The lowest BCUT2D eigenvalue weighted by molar-refractivity contribution is -0.113. The zero-order valence-corrected chi connectivity index (χ0v) is 26.5. The van der Waals surface area contributed by atoms with Crippen LogP contribution in [0.15, 0.2) is 54.6 Å². The first-order valence-corrected chi connectivity index (χ1v) is 15.0. The van der Waals surface area contributed by atoms with Crippen molar-refractivity contribution in [1.29, 1.82) is 0 Å². The number of aryl methyl sites for hydroxylation is 1. The Kier molecular flexibility index (Phi) is 19.6. The van der Waals surface area contributed by atoms with Gasteiger partial charge in [0.15, 0.2) is 0 Å². The van der Waals surface area contributed by atoms with Gasteiger partial charge in [-0.1, -0.05) is 65.0 Å². The first-order valence-electron chi connectivity index (χ1n) is 14.2. The topological polar surface area (TPSA) is 90.2 Å². The molecule has 0 radical (unpaired) electrons. The van der Waals surface area contributed by atoms with E-state index in [9.17, 15) is 14.6 Å². The van der Waals surface area contributed by atoms with Crippen molar-refractivity contribution >= 4 is 11.3 Å². The van der Waals surface area contributed by atoms with E-state index in [4.69, 9.17) is 14.9 Å². The lowest BCUT2D eigenvalue weighted by Gasteiger charge is -2.33. The average molecular weight is 579 g/mol. The number of aliphatic hydroxyl groups excluding tert-OH is 4. The quantitative estimate of drug-likeness (QED) is 0.250. The van der Waals surface area contributed by atoms with Crippen molar-refractivity contribution in [3.8, 4) is 10.4 Å². The lowest BCUT2D eigenvalue weighted by Crippen LogP contribution is -2.33. The van der Waals surface area contributed by atoms with Crippen LogP contribution in [0.3, 0.4) is 0 Å². The molecular weight excluding hydrogens is 527 g/mol. The summed E-state index contributed by atoms with van der Waals surface area (Å²) in [7, 11) is 1.00. The Bertz CT molecular complexity index is 1050. The molecule has 1 saturated heterocycles. The Morgan fingerprint density at radius 2 is 1.50 bits per heavy atom. The third-order valence-corrected chi connectivity index (χ3v) is 7.22. The SMILES string of the molecule is CC.CC.CC(C)O.CO.Cc1ccc(C2CC(O)CC(CO)O2)cc1C(C)c1ccc(-c2ccc(F)cc2)s1. The Labute approximate surface area is 245 Å². The third-order valence-electron chi connectivity index (χ3n) is 5.91. The maximum atomic E-state index is 13.2. The standard InChI is InChI=1S/C25H27FO3S.C3H8O.2C2H6.CH4O/c1-15-3-4-18(23-13-20(28)12-21(14-27)29-23)11-22(15)16(2)24-9-10-25(30-24)17-5-7-19(26)8-6-17;1-3(2)4;3*1-2/h3-11,16,20-21,23,27-28H,12-14H2,1-2H3;3-4H,1-2H3;2*1-2H3;2H,1H3. The molecule has 0 amide bonds. The predicted molar refractivity (Wildman–Crippen MR) is 167 cm³/mol. The van der Waals surface area contributed by atoms with Gasteiger partial charge in [0, 0.05) is 41.7 Å². The molecule has 4 N–H and O–H groups in total. The second-order valence-corrected chi connectivity index (χ2v) is 10.3. The highest BCUT2D eigenvalue weighted by Crippen LogP contribution is 2.38. The van der Waals surface area contributed by atoms with Crippen LogP contribution in [0.4, 0.5) is 4.39 Å². The van der Waals surface area contributed by atoms with E-state index in [1.165, 1.54) is 28.1 Å². The maximum absolute atomic E-state index is 13.2. The number of halogens is 1. The molecule has 0 aliphatic carbocycles. The second kappa shape index (κ2) is 20.7. The number of benzene rings is 2. The molecule has 40 heavy (non-hydrogen) atoms. The second-order valence-electron chi connectivity index (χ2n) is 9.19. The van der Waals surface area contributed by atoms with Gasteiger partial charge in [-0.05, 0) is 67.3 Å². The molecule has 0 spiro atoms. The summed E-state index contributed by atoms with van der Waals surface area (Å²) < 4.78 is 19.2. The van der Waals surface area contributed by atoms with Crippen molar-refractivity contribution in [2.24, 2.45) is 0 Å². The molecule has 2 heterocycles. The number of thiophene rings is 1. The van der Waals surface area contributed by atoms with Gasteiger partial charge in [0.2, 0.25) is 0 Å². The van der Waals surface area contributed by atoms with Crippen LogP contribution in [0.1, 0.15) is 94.9 Å². The van der Waals surface area contributed by atoms with Gasteiger partial charge in [-0.2, -0.15) is 0 Å². The Hall–Kier alpha value is -2.13. The third kappa shape index (κ3) is 12.2. The van der Waals surface area contributed by atoms with Crippen molar-refractivity contribution in [3.05, 3.63) is 82.0 Å². The minimum Gasteiger partial charge on any atom is -0.400 e. The van der Waals surface area contributed by atoms with E-state index in [2.05, 4.69) is 44.2 Å². The van der Waals surface area contributed by atoms with E-state index in [0.29, 0.717) is 12.8 Å². The first-order chi connectivity index (χ1) is 19.2. The van der Waals surface area contributed by atoms with Crippen molar-refractivity contribution in [2.45, 2.75) is 98.6 Å². The summed E-state index contributed by atoms with van der Waals surface area (Å²) in [6.07, 6.45) is -0.143. The van der Waals surface area contributed by atoms with E-state index in [-0.39, 0.29) is 36.7 Å². The van der Waals surface area contributed by atoms with E-state index in [0.717, 1.165) is 23.1 Å². The largest absolute Gasteiger partial charge is 0.400 e. The summed E-state index contributed by atoms with van der Waals surface area (Å²) in [6, 6.07) is 17.2. The fourth-order valence-corrected chi connectivity index (χ4v) is 5.24. The molecule has 4 atom stereocenters. The molecule has 4 unspecified atom stereocenters. The molecule has 226 valence electrons. The summed E-state index contributed by atoms with van der Waals surface area (Å²) in [5.74, 6) is -0.0267. The highest BCUT2D eigenvalue weighted by molar-refractivity contribution is 7.15. The summed E-state index contributed by atoms with van der Waals surface area (Å²) in [6.45, 7) is 15.7. The van der Waals surface area contributed by atoms with Crippen LogP contribution in [0.25, 0.3) is 10.4 Å². The molecule has 3 aromatic rings. The van der Waals surface area contributed by atoms with Gasteiger partial charge in [0.05, 0.1) is 24.9 Å². The predicted octanol–water partition coefficient (Wildman–Crippen LogP) is 7.64. The Morgan fingerprint density at radius 3 is 2.05 bits per heavy atom. The molecule has 0 saturated carbocycles. The molecular formula is C33H51FO5S. The smallest absolute Gasteiger partial charge is 0.123 e. The zero-order chi connectivity index (χ0) is 30.8. The maximum Gasteiger partial charge on any atom is 0.123 e. The minimum absolute atomic E-state index is 0.0793. The highest BCUT2D eigenvalue weighted by atomic mass is 32.1. The molecule has 0 bridgehead atoms.